The Balaban J connectivity index is 1.47. The quantitative estimate of drug-likeness (QED) is 0.817. The summed E-state index contributed by atoms with van der Waals surface area (Å²) in [6, 6.07) is 3.48. The van der Waals surface area contributed by atoms with Crippen LogP contribution in [0.1, 0.15) is 50.7 Å². The highest BCUT2D eigenvalue weighted by molar-refractivity contribution is 8.26. The molecule has 0 saturated heterocycles. The van der Waals surface area contributed by atoms with Gasteiger partial charge in [-0.25, -0.2) is 0 Å². The minimum atomic E-state index is -0.413. The van der Waals surface area contributed by atoms with Crippen LogP contribution in [0.25, 0.3) is 6.08 Å². The van der Waals surface area contributed by atoms with Crippen LogP contribution in [0.3, 0.4) is 0 Å². The fourth-order valence-corrected chi connectivity index (χ4v) is 4.35. The molecule has 1 aromatic heterocycles. The first-order valence-corrected chi connectivity index (χ1v) is 9.55. The second kappa shape index (κ2) is 7.00. The van der Waals surface area contributed by atoms with E-state index >= 15 is 0 Å². The summed E-state index contributed by atoms with van der Waals surface area (Å²) in [5.41, 5.74) is 0.205. The number of fused-ring (bicyclic) bond motifs is 1. The average molecular weight is 356 g/mol. The van der Waals surface area contributed by atoms with E-state index in [1.54, 1.807) is 18.2 Å². The number of hydrazone groups is 1. The molecule has 25 heavy (non-hydrogen) atoms. The lowest BCUT2D eigenvalue weighted by atomic mass is 9.86. The summed E-state index contributed by atoms with van der Waals surface area (Å²) in [7, 11) is 0. The topological polar surface area (TPSA) is 82.0 Å². The fraction of sp³-hybridized carbons (Fsp3) is 0.444. The Morgan fingerprint density at radius 2 is 2.20 bits per heavy atom. The molecule has 2 aliphatic heterocycles. The van der Waals surface area contributed by atoms with E-state index < -0.39 is 5.91 Å². The van der Waals surface area contributed by atoms with Gasteiger partial charge in [-0.3, -0.25) is 10.2 Å². The summed E-state index contributed by atoms with van der Waals surface area (Å²) in [6.07, 6.45) is 11.8. The lowest BCUT2D eigenvalue weighted by Gasteiger charge is -2.20. The van der Waals surface area contributed by atoms with Crippen molar-refractivity contribution in [1.82, 2.24) is 5.01 Å². The van der Waals surface area contributed by atoms with Gasteiger partial charge in [-0.2, -0.15) is 15.1 Å². The van der Waals surface area contributed by atoms with Gasteiger partial charge in [0, 0.05) is 0 Å². The summed E-state index contributed by atoms with van der Waals surface area (Å²) in [4.78, 5) is 16.4. The fourth-order valence-electron chi connectivity index (χ4n) is 3.45. The molecular formula is C18H20N4O2S. The molecule has 0 atom stereocenters. The Hall–Kier alpha value is -2.15. The molecule has 3 aliphatic rings. The third-order valence-corrected chi connectivity index (χ3v) is 5.79. The molecule has 1 saturated carbocycles. The first-order chi connectivity index (χ1) is 12.2. The van der Waals surface area contributed by atoms with E-state index in [2.05, 4.69) is 10.1 Å². The largest absolute Gasteiger partial charge is 0.465 e. The van der Waals surface area contributed by atoms with Crippen LogP contribution in [0.15, 0.2) is 38.5 Å². The second-order valence-corrected chi connectivity index (χ2v) is 7.61. The first kappa shape index (κ1) is 16.3. The van der Waals surface area contributed by atoms with E-state index in [0.29, 0.717) is 10.9 Å². The number of nitrogens with one attached hydrogen (secondary N) is 1. The van der Waals surface area contributed by atoms with Crippen LogP contribution in [-0.4, -0.2) is 27.0 Å². The smallest absolute Gasteiger partial charge is 0.283 e. The highest BCUT2D eigenvalue weighted by Crippen LogP contribution is 2.33. The number of hydrogen-bond donors (Lipinski definition) is 1. The number of rotatable bonds is 4. The molecule has 6 nitrogen and oxygen atoms in total. The monoisotopic (exact) mass is 356 g/mol. The van der Waals surface area contributed by atoms with Crippen LogP contribution in [0.5, 0.6) is 0 Å². The van der Waals surface area contributed by atoms with E-state index in [0.717, 1.165) is 23.8 Å². The van der Waals surface area contributed by atoms with E-state index in [4.69, 9.17) is 9.83 Å². The Bertz CT molecular complexity index is 773. The van der Waals surface area contributed by atoms with Gasteiger partial charge in [0.1, 0.15) is 10.8 Å². The third-order valence-electron chi connectivity index (χ3n) is 4.82. The normalized spacial score (nSPS) is 23.0. The summed E-state index contributed by atoms with van der Waals surface area (Å²) < 4.78 is 5.24. The van der Waals surface area contributed by atoms with Crippen molar-refractivity contribution in [2.24, 2.45) is 16.0 Å². The SMILES string of the molecule is N=C1C(=Cc2ccco2)C(=O)N=C2SC(CCC3CCCCC3)=NN12. The molecular weight excluding hydrogens is 336 g/mol. The zero-order valence-electron chi connectivity index (χ0n) is 13.9. The van der Waals surface area contributed by atoms with Crippen molar-refractivity contribution in [2.75, 3.05) is 0 Å². The van der Waals surface area contributed by atoms with Crippen molar-refractivity contribution < 1.29 is 9.21 Å². The molecule has 1 fully saturated rings. The molecule has 1 amide bonds. The number of amides is 1. The predicted molar refractivity (Wildman–Crippen MR) is 99.5 cm³/mol. The molecule has 0 bridgehead atoms. The molecule has 0 aromatic carbocycles. The summed E-state index contributed by atoms with van der Waals surface area (Å²) in [6.45, 7) is 0. The number of carbonyl (C=O) groups is 1. The zero-order chi connectivity index (χ0) is 17.2. The number of aliphatic imine (C=N–C) groups is 1. The number of furan rings is 1. The van der Waals surface area contributed by atoms with Gasteiger partial charge in [-0.05, 0) is 48.7 Å². The Morgan fingerprint density at radius 3 is 2.96 bits per heavy atom. The van der Waals surface area contributed by atoms with Gasteiger partial charge in [0.05, 0.1) is 11.8 Å². The van der Waals surface area contributed by atoms with Crippen molar-refractivity contribution >= 4 is 39.8 Å². The van der Waals surface area contributed by atoms with Crippen LogP contribution < -0.4 is 0 Å². The summed E-state index contributed by atoms with van der Waals surface area (Å²) in [5.74, 6) is 0.961. The standard InChI is InChI=1S/C18H20N4O2S/c19-16-14(11-13-7-4-10-24-13)17(23)20-18-22(16)21-15(25-18)9-8-12-5-2-1-3-6-12/h4,7,10-12,19H,1-3,5-6,8-9H2. The molecule has 1 N–H and O–H groups in total. The third kappa shape index (κ3) is 3.46. The Kier molecular flexibility index (Phi) is 4.57. The van der Waals surface area contributed by atoms with Gasteiger partial charge in [-0.1, -0.05) is 32.1 Å². The zero-order valence-corrected chi connectivity index (χ0v) is 14.7. The number of carbonyl (C=O) groups excluding carboxylic acids is 1. The van der Waals surface area contributed by atoms with Crippen LogP contribution in [0.2, 0.25) is 0 Å². The predicted octanol–water partition coefficient (Wildman–Crippen LogP) is 4.26. The van der Waals surface area contributed by atoms with Gasteiger partial charge in [-0.15, -0.1) is 0 Å². The highest BCUT2D eigenvalue weighted by atomic mass is 32.2. The summed E-state index contributed by atoms with van der Waals surface area (Å²) in [5, 5.41) is 15.7. The Labute approximate surface area is 150 Å². The molecule has 0 radical (unpaired) electrons. The first-order valence-electron chi connectivity index (χ1n) is 8.73. The molecule has 1 aromatic rings. The molecule has 0 spiro atoms. The molecule has 7 heteroatoms. The maximum absolute atomic E-state index is 12.3. The van der Waals surface area contributed by atoms with Gasteiger partial charge in [0.15, 0.2) is 5.84 Å². The lowest BCUT2D eigenvalue weighted by Crippen LogP contribution is -2.35. The average Bonchev–Trinajstić information content (AvgIpc) is 3.27. The lowest BCUT2D eigenvalue weighted by molar-refractivity contribution is -0.114. The van der Waals surface area contributed by atoms with Crippen LogP contribution in [0.4, 0.5) is 0 Å². The second-order valence-electron chi connectivity index (χ2n) is 6.57. The molecule has 4 rings (SSSR count). The molecule has 1 aliphatic carbocycles. The molecule has 3 heterocycles. The van der Waals surface area contributed by atoms with Gasteiger partial charge < -0.3 is 4.42 Å². The van der Waals surface area contributed by atoms with Crippen molar-refractivity contribution in [3.63, 3.8) is 0 Å². The van der Waals surface area contributed by atoms with Crippen molar-refractivity contribution in [3.8, 4) is 0 Å². The van der Waals surface area contributed by atoms with Gasteiger partial charge >= 0.3 is 0 Å². The van der Waals surface area contributed by atoms with Crippen LogP contribution >= 0.6 is 11.8 Å². The minimum absolute atomic E-state index is 0.0616. The minimum Gasteiger partial charge on any atom is -0.465 e. The van der Waals surface area contributed by atoms with E-state index in [9.17, 15) is 4.79 Å². The number of amidine groups is 2. The van der Waals surface area contributed by atoms with E-state index in [-0.39, 0.29) is 11.4 Å². The van der Waals surface area contributed by atoms with Gasteiger partial charge in [0.25, 0.3) is 5.91 Å². The van der Waals surface area contributed by atoms with E-state index in [1.165, 1.54) is 55.1 Å². The van der Waals surface area contributed by atoms with Crippen LogP contribution in [-0.2, 0) is 4.79 Å². The number of thioether (sulfide) groups is 1. The number of hydrogen-bond acceptors (Lipinski definition) is 5. The van der Waals surface area contributed by atoms with Gasteiger partial charge in [0.2, 0.25) is 5.17 Å². The van der Waals surface area contributed by atoms with Crippen molar-refractivity contribution in [1.29, 1.82) is 5.41 Å². The van der Waals surface area contributed by atoms with Crippen molar-refractivity contribution in [2.45, 2.75) is 44.9 Å². The summed E-state index contributed by atoms with van der Waals surface area (Å²) >= 11 is 1.41. The van der Waals surface area contributed by atoms with Crippen molar-refractivity contribution in [3.05, 3.63) is 29.7 Å². The number of nitrogens with zero attached hydrogens (tertiary/aromatic N) is 3. The Morgan fingerprint density at radius 1 is 1.36 bits per heavy atom. The van der Waals surface area contributed by atoms with E-state index in [1.807, 2.05) is 0 Å². The molecule has 130 valence electrons. The van der Waals surface area contributed by atoms with Crippen LogP contribution in [0, 0.1) is 11.3 Å². The maximum atomic E-state index is 12.3. The highest BCUT2D eigenvalue weighted by Gasteiger charge is 2.35. The molecule has 0 unspecified atom stereocenters. The maximum Gasteiger partial charge on any atom is 0.283 e.